The highest BCUT2D eigenvalue weighted by molar-refractivity contribution is 5.27. The molecule has 1 heteroatoms. The molecular formula is C19H33N. The van der Waals surface area contributed by atoms with Crippen molar-refractivity contribution in [2.45, 2.75) is 66.3 Å². The molecule has 1 N–H and O–H groups in total. The van der Waals surface area contributed by atoms with Crippen LogP contribution in [0.25, 0.3) is 0 Å². The van der Waals surface area contributed by atoms with Gasteiger partial charge in [0, 0.05) is 5.54 Å². The Hall–Kier alpha value is -0.820. The van der Waals surface area contributed by atoms with E-state index in [0.717, 1.165) is 12.5 Å². The Kier molecular flexibility index (Phi) is 6.26. The largest absolute Gasteiger partial charge is 0.312 e. The molecule has 2 atom stereocenters. The first-order valence-electron chi connectivity index (χ1n) is 8.03. The average Bonchev–Trinajstić information content (AvgIpc) is 2.33. The van der Waals surface area contributed by atoms with Crippen LogP contribution in [0, 0.1) is 11.8 Å². The van der Waals surface area contributed by atoms with E-state index in [1.165, 1.54) is 17.5 Å². The molecule has 0 amide bonds. The zero-order valence-electron chi connectivity index (χ0n) is 14.5. The van der Waals surface area contributed by atoms with Crippen LogP contribution in [0.15, 0.2) is 24.3 Å². The van der Waals surface area contributed by atoms with Crippen LogP contribution in [0.4, 0.5) is 0 Å². The summed E-state index contributed by atoms with van der Waals surface area (Å²) in [6.45, 7) is 17.0. The first kappa shape index (κ1) is 17.2. The monoisotopic (exact) mass is 275 g/mol. The minimum Gasteiger partial charge on any atom is -0.312 e. The fourth-order valence-corrected chi connectivity index (χ4v) is 2.45. The van der Waals surface area contributed by atoms with E-state index in [-0.39, 0.29) is 5.54 Å². The Labute approximate surface area is 126 Å². The molecule has 0 spiro atoms. The maximum Gasteiger partial charge on any atom is 0.00966 e. The molecule has 0 fully saturated rings. The fraction of sp³-hybridized carbons (Fsp3) is 0.684. The zero-order chi connectivity index (χ0) is 15.3. The van der Waals surface area contributed by atoms with E-state index in [9.17, 15) is 0 Å². The summed E-state index contributed by atoms with van der Waals surface area (Å²) >= 11 is 0. The molecule has 1 nitrogen and oxygen atoms in total. The number of nitrogens with one attached hydrogen (secondary N) is 1. The second kappa shape index (κ2) is 7.26. The molecule has 0 radical (unpaired) electrons. The second-order valence-electron chi connectivity index (χ2n) is 7.74. The van der Waals surface area contributed by atoms with Gasteiger partial charge in [0.25, 0.3) is 0 Å². The lowest BCUT2D eigenvalue weighted by atomic mass is 9.87. The van der Waals surface area contributed by atoms with E-state index in [0.29, 0.717) is 11.8 Å². The second-order valence-corrected chi connectivity index (χ2v) is 7.74. The van der Waals surface area contributed by atoms with Gasteiger partial charge in [-0.1, -0.05) is 52.0 Å². The summed E-state index contributed by atoms with van der Waals surface area (Å²) in [5.74, 6) is 1.96. The molecule has 0 bridgehead atoms. The Morgan fingerprint density at radius 2 is 1.70 bits per heavy atom. The molecular weight excluding hydrogens is 242 g/mol. The molecule has 1 aromatic rings. The van der Waals surface area contributed by atoms with Crippen LogP contribution in [0.3, 0.4) is 0 Å². The quantitative estimate of drug-likeness (QED) is 0.769. The summed E-state index contributed by atoms with van der Waals surface area (Å²) in [4.78, 5) is 0. The normalized spacial score (nSPS) is 15.4. The zero-order valence-corrected chi connectivity index (χ0v) is 14.5. The van der Waals surface area contributed by atoms with Crippen LogP contribution >= 0.6 is 0 Å². The van der Waals surface area contributed by atoms with Gasteiger partial charge in [0.15, 0.2) is 0 Å². The highest BCUT2D eigenvalue weighted by Crippen LogP contribution is 2.25. The summed E-state index contributed by atoms with van der Waals surface area (Å²) in [6.07, 6.45) is 1.18. The van der Waals surface area contributed by atoms with Crippen molar-refractivity contribution < 1.29 is 0 Å². The van der Waals surface area contributed by atoms with Crippen LogP contribution in [-0.4, -0.2) is 12.1 Å². The van der Waals surface area contributed by atoms with E-state index < -0.39 is 0 Å². The molecule has 0 aromatic heterocycles. The summed E-state index contributed by atoms with van der Waals surface area (Å²) in [7, 11) is 0. The van der Waals surface area contributed by atoms with Gasteiger partial charge >= 0.3 is 0 Å². The predicted octanol–water partition coefficient (Wildman–Crippen LogP) is 5.01. The molecule has 0 saturated carbocycles. The Bertz CT molecular complexity index is 400. The molecule has 2 unspecified atom stereocenters. The maximum absolute atomic E-state index is 3.62. The summed E-state index contributed by atoms with van der Waals surface area (Å²) in [5, 5.41) is 3.62. The highest BCUT2D eigenvalue weighted by Gasteiger charge is 2.17. The van der Waals surface area contributed by atoms with Gasteiger partial charge in [-0.05, 0) is 62.6 Å². The summed E-state index contributed by atoms with van der Waals surface area (Å²) in [6, 6.07) is 9.15. The SMILES string of the molecule is CC(C)Cc1cccc(C(C)C(C)CNC(C)(C)C)c1. The maximum atomic E-state index is 3.62. The van der Waals surface area contributed by atoms with Gasteiger partial charge in [0.2, 0.25) is 0 Å². The van der Waals surface area contributed by atoms with Gasteiger partial charge in [-0.2, -0.15) is 0 Å². The third kappa shape index (κ3) is 6.09. The Morgan fingerprint density at radius 3 is 2.25 bits per heavy atom. The van der Waals surface area contributed by atoms with Crippen molar-refractivity contribution in [2.75, 3.05) is 6.54 Å². The third-order valence-corrected chi connectivity index (χ3v) is 3.93. The van der Waals surface area contributed by atoms with Crippen molar-refractivity contribution in [3.63, 3.8) is 0 Å². The molecule has 0 saturated heterocycles. The molecule has 0 aliphatic rings. The van der Waals surface area contributed by atoms with Crippen LogP contribution in [0.1, 0.15) is 65.5 Å². The topological polar surface area (TPSA) is 12.0 Å². The highest BCUT2D eigenvalue weighted by atomic mass is 14.9. The standard InChI is InChI=1S/C19H33N/c1-14(2)11-17-9-8-10-18(12-17)16(4)15(3)13-20-19(5,6)7/h8-10,12,14-16,20H,11,13H2,1-7H3. The van der Waals surface area contributed by atoms with Gasteiger partial charge < -0.3 is 5.32 Å². The molecule has 1 rings (SSSR count). The molecule has 0 aliphatic carbocycles. The van der Waals surface area contributed by atoms with E-state index in [4.69, 9.17) is 0 Å². The smallest absolute Gasteiger partial charge is 0.00966 e. The van der Waals surface area contributed by atoms with Gasteiger partial charge in [-0.15, -0.1) is 0 Å². The molecule has 20 heavy (non-hydrogen) atoms. The van der Waals surface area contributed by atoms with E-state index in [2.05, 4.69) is 78.0 Å². The molecule has 0 aliphatic heterocycles. The molecule has 114 valence electrons. The van der Waals surface area contributed by atoms with Gasteiger partial charge in [-0.25, -0.2) is 0 Å². The van der Waals surface area contributed by atoms with Crippen molar-refractivity contribution in [1.82, 2.24) is 5.32 Å². The fourth-order valence-electron chi connectivity index (χ4n) is 2.45. The minimum atomic E-state index is 0.202. The van der Waals surface area contributed by atoms with Crippen molar-refractivity contribution in [1.29, 1.82) is 0 Å². The van der Waals surface area contributed by atoms with E-state index >= 15 is 0 Å². The Morgan fingerprint density at radius 1 is 1.05 bits per heavy atom. The number of hydrogen-bond acceptors (Lipinski definition) is 1. The van der Waals surface area contributed by atoms with Crippen molar-refractivity contribution in [2.24, 2.45) is 11.8 Å². The molecule has 1 aromatic carbocycles. The van der Waals surface area contributed by atoms with Crippen molar-refractivity contribution in [3.05, 3.63) is 35.4 Å². The average molecular weight is 275 g/mol. The number of rotatable bonds is 6. The van der Waals surface area contributed by atoms with Crippen LogP contribution in [0.2, 0.25) is 0 Å². The first-order chi connectivity index (χ1) is 9.19. The van der Waals surface area contributed by atoms with Crippen LogP contribution < -0.4 is 5.32 Å². The number of benzene rings is 1. The minimum absolute atomic E-state index is 0.202. The van der Waals surface area contributed by atoms with E-state index in [1.54, 1.807) is 0 Å². The number of hydrogen-bond donors (Lipinski definition) is 1. The summed E-state index contributed by atoms with van der Waals surface area (Å²) in [5.41, 5.74) is 3.15. The van der Waals surface area contributed by atoms with Gasteiger partial charge in [0.1, 0.15) is 0 Å². The van der Waals surface area contributed by atoms with Gasteiger partial charge in [0.05, 0.1) is 0 Å². The first-order valence-corrected chi connectivity index (χ1v) is 8.03. The third-order valence-electron chi connectivity index (χ3n) is 3.93. The van der Waals surface area contributed by atoms with Crippen LogP contribution in [-0.2, 0) is 6.42 Å². The molecule has 0 heterocycles. The summed E-state index contributed by atoms with van der Waals surface area (Å²) < 4.78 is 0. The lowest BCUT2D eigenvalue weighted by Gasteiger charge is -2.27. The predicted molar refractivity (Wildman–Crippen MR) is 90.3 cm³/mol. The van der Waals surface area contributed by atoms with Crippen LogP contribution in [0.5, 0.6) is 0 Å². The van der Waals surface area contributed by atoms with Gasteiger partial charge in [-0.3, -0.25) is 0 Å². The van der Waals surface area contributed by atoms with E-state index in [1.807, 2.05) is 0 Å². The Balaban J connectivity index is 2.68. The van der Waals surface area contributed by atoms with Crippen molar-refractivity contribution >= 4 is 0 Å². The van der Waals surface area contributed by atoms with Crippen molar-refractivity contribution in [3.8, 4) is 0 Å². The lowest BCUT2D eigenvalue weighted by Crippen LogP contribution is -2.39. The lowest BCUT2D eigenvalue weighted by molar-refractivity contribution is 0.359.